The van der Waals surface area contributed by atoms with Crippen molar-refractivity contribution in [2.45, 2.75) is 6.54 Å². The van der Waals surface area contributed by atoms with Crippen LogP contribution < -0.4 is 5.73 Å². The van der Waals surface area contributed by atoms with E-state index >= 15 is 0 Å². The molecular formula is C9H10FN3. The van der Waals surface area contributed by atoms with E-state index < -0.39 is 0 Å². The van der Waals surface area contributed by atoms with Crippen molar-refractivity contribution in [2.24, 2.45) is 12.8 Å². The van der Waals surface area contributed by atoms with Gasteiger partial charge in [-0.3, -0.25) is 4.68 Å². The van der Waals surface area contributed by atoms with Crippen LogP contribution in [-0.2, 0) is 13.6 Å². The van der Waals surface area contributed by atoms with Gasteiger partial charge in [0.05, 0.1) is 16.6 Å². The molecule has 2 N–H and O–H groups in total. The predicted octanol–water partition coefficient (Wildman–Crippen LogP) is 1.17. The Balaban J connectivity index is 2.89. The zero-order chi connectivity index (χ0) is 9.42. The second kappa shape index (κ2) is 2.81. The molecule has 1 aromatic heterocycles. The molecule has 4 heteroatoms. The Morgan fingerprint density at radius 2 is 2.31 bits per heavy atom. The summed E-state index contributed by atoms with van der Waals surface area (Å²) in [6.07, 6.45) is 0. The second-order valence-corrected chi connectivity index (χ2v) is 2.91. The lowest BCUT2D eigenvalue weighted by Crippen LogP contribution is -1.99. The summed E-state index contributed by atoms with van der Waals surface area (Å²) in [6, 6.07) is 4.91. The lowest BCUT2D eigenvalue weighted by Gasteiger charge is -1.93. The average molecular weight is 179 g/mol. The molecule has 0 aliphatic rings. The van der Waals surface area contributed by atoms with Gasteiger partial charge in [-0.1, -0.05) is 6.07 Å². The Morgan fingerprint density at radius 1 is 1.54 bits per heavy atom. The average Bonchev–Trinajstić information content (AvgIpc) is 2.45. The molecule has 0 saturated carbocycles. The predicted molar refractivity (Wildman–Crippen MR) is 48.6 cm³/mol. The van der Waals surface area contributed by atoms with Gasteiger partial charge in [0.1, 0.15) is 5.82 Å². The number of hydrogen-bond acceptors (Lipinski definition) is 2. The fraction of sp³-hybridized carbons (Fsp3) is 0.222. The molecule has 0 atom stereocenters. The van der Waals surface area contributed by atoms with E-state index in [9.17, 15) is 4.39 Å². The van der Waals surface area contributed by atoms with Gasteiger partial charge < -0.3 is 5.73 Å². The third-order valence-electron chi connectivity index (χ3n) is 2.09. The largest absolute Gasteiger partial charge is 0.325 e. The first kappa shape index (κ1) is 8.19. The smallest absolute Gasteiger partial charge is 0.134 e. The van der Waals surface area contributed by atoms with Gasteiger partial charge in [0.25, 0.3) is 0 Å². The highest BCUT2D eigenvalue weighted by atomic mass is 19.1. The minimum atomic E-state index is -0.258. The fourth-order valence-electron chi connectivity index (χ4n) is 1.50. The molecule has 3 nitrogen and oxygen atoms in total. The van der Waals surface area contributed by atoms with E-state index in [0.29, 0.717) is 11.1 Å². The molecule has 0 radical (unpaired) electrons. The number of rotatable bonds is 1. The molecular weight excluding hydrogens is 169 g/mol. The highest BCUT2D eigenvalue weighted by molar-refractivity contribution is 5.82. The van der Waals surface area contributed by atoms with Crippen LogP contribution in [-0.4, -0.2) is 9.78 Å². The number of nitrogens with zero attached hydrogens (tertiary/aromatic N) is 2. The monoisotopic (exact) mass is 179 g/mol. The minimum absolute atomic E-state index is 0.258. The molecule has 0 unspecified atom stereocenters. The normalized spacial score (nSPS) is 11.0. The van der Waals surface area contributed by atoms with Gasteiger partial charge in [-0.15, -0.1) is 0 Å². The molecule has 2 aromatic rings. The van der Waals surface area contributed by atoms with Gasteiger partial charge >= 0.3 is 0 Å². The van der Waals surface area contributed by atoms with Crippen molar-refractivity contribution in [1.82, 2.24) is 9.78 Å². The zero-order valence-corrected chi connectivity index (χ0v) is 7.29. The Morgan fingerprint density at radius 3 is 3.00 bits per heavy atom. The van der Waals surface area contributed by atoms with Gasteiger partial charge in [-0.2, -0.15) is 5.10 Å². The first-order valence-electron chi connectivity index (χ1n) is 4.04. The number of aromatic nitrogens is 2. The van der Waals surface area contributed by atoms with E-state index in [0.717, 1.165) is 5.52 Å². The number of halogens is 1. The van der Waals surface area contributed by atoms with Crippen LogP contribution in [0.3, 0.4) is 0 Å². The van der Waals surface area contributed by atoms with Crippen LogP contribution >= 0.6 is 0 Å². The highest BCUT2D eigenvalue weighted by Gasteiger charge is 2.10. The Hall–Kier alpha value is -1.42. The zero-order valence-electron chi connectivity index (χ0n) is 7.29. The molecule has 0 saturated heterocycles. The summed E-state index contributed by atoms with van der Waals surface area (Å²) in [5.41, 5.74) is 6.84. The molecule has 0 amide bonds. The van der Waals surface area contributed by atoms with Crippen LogP contribution in [0.4, 0.5) is 4.39 Å². The van der Waals surface area contributed by atoms with Crippen LogP contribution in [0.1, 0.15) is 5.69 Å². The Bertz CT molecular complexity index is 447. The van der Waals surface area contributed by atoms with E-state index in [4.69, 9.17) is 5.73 Å². The van der Waals surface area contributed by atoms with Crippen LogP contribution in [0.15, 0.2) is 18.2 Å². The summed E-state index contributed by atoms with van der Waals surface area (Å²) in [7, 11) is 1.78. The molecule has 0 aliphatic carbocycles. The van der Waals surface area contributed by atoms with Gasteiger partial charge in [-0.25, -0.2) is 4.39 Å². The quantitative estimate of drug-likeness (QED) is 0.714. The minimum Gasteiger partial charge on any atom is -0.325 e. The first-order valence-corrected chi connectivity index (χ1v) is 4.04. The van der Waals surface area contributed by atoms with E-state index in [1.807, 2.05) is 6.07 Å². The van der Waals surface area contributed by atoms with Crippen molar-refractivity contribution in [3.8, 4) is 0 Å². The summed E-state index contributed by atoms with van der Waals surface area (Å²) in [4.78, 5) is 0. The highest BCUT2D eigenvalue weighted by Crippen LogP contribution is 2.20. The van der Waals surface area contributed by atoms with E-state index in [1.165, 1.54) is 6.07 Å². The molecule has 0 fully saturated rings. The molecule has 2 rings (SSSR count). The van der Waals surface area contributed by atoms with E-state index in [-0.39, 0.29) is 12.4 Å². The Kier molecular flexibility index (Phi) is 1.77. The third kappa shape index (κ3) is 1.10. The maximum Gasteiger partial charge on any atom is 0.134 e. The number of benzene rings is 1. The molecule has 1 heterocycles. The standard InChI is InChI=1S/C9H10FN3/c1-13-8-4-2-3-6(10)9(8)7(5-11)12-13/h2-4H,5,11H2,1H3. The number of aryl methyl sites for hydroxylation is 1. The lowest BCUT2D eigenvalue weighted by atomic mass is 10.2. The van der Waals surface area contributed by atoms with Crippen LogP contribution in [0.2, 0.25) is 0 Å². The number of fused-ring (bicyclic) bond motifs is 1. The summed E-state index contributed by atoms with van der Waals surface area (Å²) >= 11 is 0. The molecule has 13 heavy (non-hydrogen) atoms. The van der Waals surface area contributed by atoms with E-state index in [2.05, 4.69) is 5.10 Å². The molecule has 68 valence electrons. The maximum atomic E-state index is 13.3. The van der Waals surface area contributed by atoms with Crippen molar-refractivity contribution in [1.29, 1.82) is 0 Å². The summed E-state index contributed by atoms with van der Waals surface area (Å²) in [5, 5.41) is 4.66. The van der Waals surface area contributed by atoms with Crippen molar-refractivity contribution in [3.63, 3.8) is 0 Å². The molecule has 1 aromatic carbocycles. The summed E-state index contributed by atoms with van der Waals surface area (Å²) in [6.45, 7) is 0.262. The first-order chi connectivity index (χ1) is 6.24. The van der Waals surface area contributed by atoms with Crippen LogP contribution in [0.5, 0.6) is 0 Å². The summed E-state index contributed by atoms with van der Waals surface area (Å²) < 4.78 is 15.0. The lowest BCUT2D eigenvalue weighted by molar-refractivity contribution is 0.638. The molecule has 0 spiro atoms. The topological polar surface area (TPSA) is 43.8 Å². The van der Waals surface area contributed by atoms with E-state index in [1.54, 1.807) is 17.8 Å². The van der Waals surface area contributed by atoms with Crippen molar-refractivity contribution < 1.29 is 4.39 Å². The maximum absolute atomic E-state index is 13.3. The van der Waals surface area contributed by atoms with Gasteiger partial charge in [-0.05, 0) is 12.1 Å². The Labute approximate surface area is 75.0 Å². The number of nitrogens with two attached hydrogens (primary N) is 1. The molecule has 0 aliphatic heterocycles. The van der Waals surface area contributed by atoms with Crippen LogP contribution in [0, 0.1) is 5.82 Å². The fourth-order valence-corrected chi connectivity index (χ4v) is 1.50. The van der Waals surface area contributed by atoms with Crippen molar-refractivity contribution in [3.05, 3.63) is 29.7 Å². The van der Waals surface area contributed by atoms with Crippen molar-refractivity contribution >= 4 is 10.9 Å². The van der Waals surface area contributed by atoms with Crippen LogP contribution in [0.25, 0.3) is 10.9 Å². The third-order valence-corrected chi connectivity index (χ3v) is 2.09. The number of hydrogen-bond donors (Lipinski definition) is 1. The van der Waals surface area contributed by atoms with Gasteiger partial charge in [0.15, 0.2) is 0 Å². The van der Waals surface area contributed by atoms with Gasteiger partial charge in [0.2, 0.25) is 0 Å². The van der Waals surface area contributed by atoms with Crippen molar-refractivity contribution in [2.75, 3.05) is 0 Å². The summed E-state index contributed by atoms with van der Waals surface area (Å²) in [5.74, 6) is -0.258. The second-order valence-electron chi connectivity index (χ2n) is 2.91. The van der Waals surface area contributed by atoms with Gasteiger partial charge in [0, 0.05) is 13.6 Å². The molecule has 0 bridgehead atoms. The SMILES string of the molecule is Cn1nc(CN)c2c(F)cccc21.